The van der Waals surface area contributed by atoms with Crippen molar-refractivity contribution in [3.63, 3.8) is 0 Å². The molecule has 0 rings (SSSR count). The summed E-state index contributed by atoms with van der Waals surface area (Å²) < 4.78 is 21.7. The first-order chi connectivity index (χ1) is 5.83. The smallest absolute Gasteiger partial charge is 0.417 e. The van der Waals surface area contributed by atoms with E-state index >= 15 is 0 Å². The molecule has 0 fully saturated rings. The summed E-state index contributed by atoms with van der Waals surface area (Å²) in [6.07, 6.45) is 0. The zero-order chi connectivity index (χ0) is 10.5. The molecule has 0 aliphatic heterocycles. The first-order valence-electron chi connectivity index (χ1n) is 4.21. The molecule has 0 aromatic rings. The maximum absolute atomic E-state index is 5.86. The Morgan fingerprint density at radius 2 is 1.54 bits per heavy atom. The molecule has 0 amide bonds. The maximum atomic E-state index is 5.86. The molecule has 0 aliphatic rings. The SMILES string of the molecule is CO[SiH2]O[Si](C)(OC)O[Si](C)(C)C. The second-order valence-corrected chi connectivity index (χ2v) is 13.0. The van der Waals surface area contributed by atoms with Gasteiger partial charge in [0.25, 0.3) is 10.0 Å². The highest BCUT2D eigenvalue weighted by Crippen LogP contribution is 2.15. The monoisotopic (exact) mass is 240 g/mol. The summed E-state index contributed by atoms with van der Waals surface area (Å²) in [4.78, 5) is 0. The Morgan fingerprint density at radius 1 is 1.00 bits per heavy atom. The highest BCUT2D eigenvalue weighted by atomic mass is 28.5. The van der Waals surface area contributed by atoms with Crippen molar-refractivity contribution in [2.24, 2.45) is 0 Å². The maximum Gasteiger partial charge on any atom is 0.477 e. The summed E-state index contributed by atoms with van der Waals surface area (Å²) in [5.74, 6) is 0. The first kappa shape index (κ1) is 13.5. The van der Waals surface area contributed by atoms with Gasteiger partial charge in [0.1, 0.15) is 0 Å². The van der Waals surface area contributed by atoms with Gasteiger partial charge >= 0.3 is 8.80 Å². The lowest BCUT2D eigenvalue weighted by Crippen LogP contribution is -2.50. The van der Waals surface area contributed by atoms with Crippen LogP contribution in [0.4, 0.5) is 0 Å². The second-order valence-electron chi connectivity index (χ2n) is 3.83. The zero-order valence-corrected chi connectivity index (χ0v) is 12.8. The third-order valence-electron chi connectivity index (χ3n) is 1.30. The summed E-state index contributed by atoms with van der Waals surface area (Å²) in [6.45, 7) is 8.27. The van der Waals surface area contributed by atoms with E-state index in [1.807, 2.05) is 6.55 Å². The van der Waals surface area contributed by atoms with E-state index in [9.17, 15) is 0 Å². The highest BCUT2D eigenvalue weighted by molar-refractivity contribution is 6.80. The number of hydrogen-bond donors (Lipinski definition) is 0. The summed E-state index contributed by atoms with van der Waals surface area (Å²) in [6, 6.07) is 0. The lowest BCUT2D eigenvalue weighted by atomic mass is 11.8. The molecule has 0 N–H and O–H groups in total. The predicted molar refractivity (Wildman–Crippen MR) is 59.7 cm³/mol. The molecule has 0 aliphatic carbocycles. The van der Waals surface area contributed by atoms with Crippen LogP contribution in [0.1, 0.15) is 0 Å². The van der Waals surface area contributed by atoms with Gasteiger partial charge in [-0.3, -0.25) is 0 Å². The van der Waals surface area contributed by atoms with E-state index in [0.29, 0.717) is 0 Å². The summed E-state index contributed by atoms with van der Waals surface area (Å²) in [5.41, 5.74) is 0. The quantitative estimate of drug-likeness (QED) is 0.641. The average Bonchev–Trinajstić information content (AvgIpc) is 1.98. The first-order valence-corrected chi connectivity index (χ1v) is 11.0. The van der Waals surface area contributed by atoms with Crippen molar-refractivity contribution < 1.29 is 17.1 Å². The van der Waals surface area contributed by atoms with Crippen LogP contribution in [0.25, 0.3) is 0 Å². The minimum absolute atomic E-state index is 0.928. The molecule has 0 aromatic heterocycles. The molecule has 1 unspecified atom stereocenters. The van der Waals surface area contributed by atoms with Crippen LogP contribution >= 0.6 is 0 Å². The third kappa shape index (κ3) is 6.55. The van der Waals surface area contributed by atoms with Gasteiger partial charge in [0.05, 0.1) is 0 Å². The Balaban J connectivity index is 4.11. The third-order valence-corrected chi connectivity index (χ3v) is 8.78. The van der Waals surface area contributed by atoms with E-state index in [2.05, 4.69) is 19.6 Å². The van der Waals surface area contributed by atoms with E-state index in [0.717, 1.165) is 0 Å². The average molecular weight is 240 g/mol. The molecule has 0 saturated carbocycles. The van der Waals surface area contributed by atoms with Crippen LogP contribution in [-0.2, 0) is 17.1 Å². The standard InChI is InChI=1S/C6H20O4Si3/c1-7-11-9-13(6,8-2)10-12(3,4)5/h11H2,1-6H3. The fraction of sp³-hybridized carbons (Fsp3) is 1.00. The molecule has 4 nitrogen and oxygen atoms in total. The molecule has 0 radical (unpaired) electrons. The minimum atomic E-state index is -2.38. The van der Waals surface area contributed by atoms with E-state index in [1.54, 1.807) is 14.2 Å². The van der Waals surface area contributed by atoms with Crippen molar-refractivity contribution in [2.75, 3.05) is 14.2 Å². The lowest BCUT2D eigenvalue weighted by molar-refractivity contribution is 0.197. The molecule has 1 atom stereocenters. The van der Waals surface area contributed by atoms with Crippen LogP contribution in [0.3, 0.4) is 0 Å². The topological polar surface area (TPSA) is 36.9 Å². The number of hydrogen-bond acceptors (Lipinski definition) is 4. The Bertz CT molecular complexity index is 149. The summed E-state index contributed by atoms with van der Waals surface area (Å²) in [5, 5.41) is 0. The van der Waals surface area contributed by atoms with Gasteiger partial charge in [-0.1, -0.05) is 0 Å². The van der Waals surface area contributed by atoms with Crippen molar-refractivity contribution in [1.82, 2.24) is 0 Å². The lowest BCUT2D eigenvalue weighted by Gasteiger charge is -2.31. The van der Waals surface area contributed by atoms with Crippen LogP contribution in [0.2, 0.25) is 26.2 Å². The van der Waals surface area contributed by atoms with Crippen LogP contribution in [0.15, 0.2) is 0 Å². The summed E-state index contributed by atoms with van der Waals surface area (Å²) >= 11 is 0. The van der Waals surface area contributed by atoms with Crippen LogP contribution < -0.4 is 0 Å². The fourth-order valence-electron chi connectivity index (χ4n) is 0.852. The van der Waals surface area contributed by atoms with Gasteiger partial charge in [-0.2, -0.15) is 0 Å². The van der Waals surface area contributed by atoms with Crippen molar-refractivity contribution >= 4 is 27.1 Å². The van der Waals surface area contributed by atoms with Crippen molar-refractivity contribution in [3.8, 4) is 0 Å². The van der Waals surface area contributed by atoms with Crippen molar-refractivity contribution in [1.29, 1.82) is 0 Å². The Labute approximate surface area is 85.1 Å². The highest BCUT2D eigenvalue weighted by Gasteiger charge is 2.38. The molecular formula is C6H20O4Si3. The predicted octanol–water partition coefficient (Wildman–Crippen LogP) is 0.715. The van der Waals surface area contributed by atoms with Crippen LogP contribution in [0.5, 0.6) is 0 Å². The molecule has 0 saturated heterocycles. The van der Waals surface area contributed by atoms with Gasteiger partial charge in [0.15, 0.2) is 8.32 Å². The van der Waals surface area contributed by atoms with Gasteiger partial charge in [-0.25, -0.2) is 0 Å². The molecule has 80 valence electrons. The Morgan fingerprint density at radius 3 is 1.85 bits per heavy atom. The molecule has 13 heavy (non-hydrogen) atoms. The molecule has 0 spiro atoms. The van der Waals surface area contributed by atoms with Gasteiger partial charge < -0.3 is 17.1 Å². The Hall–Kier alpha value is 0.491. The molecule has 0 bridgehead atoms. The van der Waals surface area contributed by atoms with Gasteiger partial charge in [-0.05, 0) is 19.6 Å². The largest absolute Gasteiger partial charge is 0.477 e. The fourth-order valence-corrected chi connectivity index (χ4v) is 8.20. The number of rotatable bonds is 6. The van der Waals surface area contributed by atoms with E-state index in [1.165, 1.54) is 0 Å². The van der Waals surface area contributed by atoms with E-state index < -0.39 is 27.1 Å². The van der Waals surface area contributed by atoms with Crippen molar-refractivity contribution in [2.45, 2.75) is 26.2 Å². The summed E-state index contributed by atoms with van der Waals surface area (Å²) in [7, 11) is -1.62. The van der Waals surface area contributed by atoms with Gasteiger partial charge in [-0.15, -0.1) is 0 Å². The molecule has 0 aromatic carbocycles. The normalized spacial score (nSPS) is 18.0. The van der Waals surface area contributed by atoms with Gasteiger partial charge in [0, 0.05) is 20.8 Å². The van der Waals surface area contributed by atoms with E-state index in [4.69, 9.17) is 17.1 Å². The molecular weight excluding hydrogens is 220 g/mol. The molecule has 7 heteroatoms. The Kier molecular flexibility index (Phi) is 5.59. The minimum Gasteiger partial charge on any atom is -0.417 e. The zero-order valence-electron chi connectivity index (χ0n) is 9.34. The van der Waals surface area contributed by atoms with Crippen molar-refractivity contribution in [3.05, 3.63) is 0 Å². The van der Waals surface area contributed by atoms with E-state index in [-0.39, 0.29) is 0 Å². The van der Waals surface area contributed by atoms with Gasteiger partial charge in [0.2, 0.25) is 0 Å². The van der Waals surface area contributed by atoms with Crippen LogP contribution in [0, 0.1) is 0 Å². The second kappa shape index (κ2) is 5.39. The van der Waals surface area contributed by atoms with Crippen LogP contribution in [-0.4, -0.2) is 41.3 Å². The molecule has 0 heterocycles.